The molecule has 0 aromatic carbocycles. The SMILES string of the molecule is CS(=O)(=O)OCCN=C=O. The van der Waals surface area contributed by atoms with E-state index in [1.807, 2.05) is 0 Å². The molecule has 0 rings (SSSR count). The van der Waals surface area contributed by atoms with Gasteiger partial charge in [0.2, 0.25) is 6.08 Å². The summed E-state index contributed by atoms with van der Waals surface area (Å²) in [5, 5.41) is 0. The molecule has 10 heavy (non-hydrogen) atoms. The second kappa shape index (κ2) is 4.16. The highest BCUT2D eigenvalue weighted by Crippen LogP contribution is 1.84. The second-order valence-corrected chi connectivity index (χ2v) is 3.14. The molecular formula is C4H7NO4S. The molecular weight excluding hydrogens is 158 g/mol. The van der Waals surface area contributed by atoms with Crippen LogP contribution in [0.2, 0.25) is 0 Å². The van der Waals surface area contributed by atoms with Gasteiger partial charge in [0.15, 0.2) is 0 Å². The molecule has 5 nitrogen and oxygen atoms in total. The minimum Gasteiger partial charge on any atom is -0.268 e. The lowest BCUT2D eigenvalue weighted by Gasteiger charge is -1.94. The fourth-order valence-electron chi connectivity index (χ4n) is 0.280. The van der Waals surface area contributed by atoms with E-state index in [9.17, 15) is 13.2 Å². The Labute approximate surface area is 58.8 Å². The average molecular weight is 165 g/mol. The summed E-state index contributed by atoms with van der Waals surface area (Å²) in [5.74, 6) is 0. The predicted octanol–water partition coefficient (Wildman–Crippen LogP) is -0.702. The standard InChI is InChI=1S/C4H7NO4S/c1-10(7,8)9-3-2-5-4-6/h2-3H2,1H3. The summed E-state index contributed by atoms with van der Waals surface area (Å²) in [5.41, 5.74) is 0. The van der Waals surface area contributed by atoms with Crippen molar-refractivity contribution in [2.75, 3.05) is 19.4 Å². The molecule has 0 aliphatic heterocycles. The Bertz CT molecular complexity index is 226. The molecule has 6 heteroatoms. The van der Waals surface area contributed by atoms with Crippen LogP contribution in [0.3, 0.4) is 0 Å². The molecule has 0 saturated heterocycles. The van der Waals surface area contributed by atoms with Gasteiger partial charge in [-0.2, -0.15) is 8.42 Å². The summed E-state index contributed by atoms with van der Waals surface area (Å²) in [7, 11) is -3.39. The van der Waals surface area contributed by atoms with Crippen LogP contribution in [0.25, 0.3) is 0 Å². The monoisotopic (exact) mass is 165 g/mol. The molecule has 0 N–H and O–H groups in total. The molecule has 0 radical (unpaired) electrons. The van der Waals surface area contributed by atoms with Crippen molar-refractivity contribution < 1.29 is 17.4 Å². The minimum absolute atomic E-state index is 0.0244. The van der Waals surface area contributed by atoms with Crippen molar-refractivity contribution in [3.05, 3.63) is 0 Å². The third kappa shape index (κ3) is 7.29. The van der Waals surface area contributed by atoms with Crippen molar-refractivity contribution in [1.82, 2.24) is 0 Å². The maximum atomic E-state index is 10.2. The summed E-state index contributed by atoms with van der Waals surface area (Å²) in [6.45, 7) is -0.0787. The zero-order valence-corrected chi connectivity index (χ0v) is 6.22. The van der Waals surface area contributed by atoms with Gasteiger partial charge in [-0.1, -0.05) is 0 Å². The topological polar surface area (TPSA) is 72.8 Å². The van der Waals surface area contributed by atoms with Gasteiger partial charge < -0.3 is 0 Å². The molecule has 0 atom stereocenters. The largest absolute Gasteiger partial charge is 0.268 e. The van der Waals surface area contributed by atoms with E-state index in [0.717, 1.165) is 6.26 Å². The molecule has 0 saturated carbocycles. The normalized spacial score (nSPS) is 10.5. The quantitative estimate of drug-likeness (QED) is 0.239. The summed E-state index contributed by atoms with van der Waals surface area (Å²) in [6, 6.07) is 0. The number of hydrogen-bond donors (Lipinski definition) is 0. The van der Waals surface area contributed by atoms with Crippen molar-refractivity contribution >= 4 is 16.2 Å². The van der Waals surface area contributed by atoms with Crippen LogP contribution < -0.4 is 0 Å². The van der Waals surface area contributed by atoms with Crippen LogP contribution in [0.5, 0.6) is 0 Å². The number of aliphatic imine (C=N–C) groups is 1. The van der Waals surface area contributed by atoms with Gasteiger partial charge >= 0.3 is 0 Å². The third-order valence-electron chi connectivity index (χ3n) is 0.565. The first-order valence-corrected chi connectivity index (χ1v) is 4.26. The maximum Gasteiger partial charge on any atom is 0.264 e. The van der Waals surface area contributed by atoms with Gasteiger partial charge in [0.25, 0.3) is 10.1 Å². The fraction of sp³-hybridized carbons (Fsp3) is 0.750. The summed E-state index contributed by atoms with van der Waals surface area (Å²) in [4.78, 5) is 12.5. The zero-order valence-electron chi connectivity index (χ0n) is 5.40. The molecule has 0 amide bonds. The van der Waals surface area contributed by atoms with E-state index in [-0.39, 0.29) is 13.2 Å². The number of rotatable bonds is 4. The van der Waals surface area contributed by atoms with Gasteiger partial charge in [-0.3, -0.25) is 4.18 Å². The number of isocyanates is 1. The first kappa shape index (κ1) is 9.29. The summed E-state index contributed by atoms with van der Waals surface area (Å²) in [6.07, 6.45) is 2.18. The Morgan fingerprint density at radius 2 is 2.20 bits per heavy atom. The molecule has 0 aliphatic carbocycles. The Hall–Kier alpha value is -0.710. The molecule has 0 heterocycles. The van der Waals surface area contributed by atoms with E-state index in [4.69, 9.17) is 0 Å². The Morgan fingerprint density at radius 1 is 1.60 bits per heavy atom. The molecule has 58 valence electrons. The molecule has 0 unspecified atom stereocenters. The van der Waals surface area contributed by atoms with Gasteiger partial charge in [0.1, 0.15) is 0 Å². The van der Waals surface area contributed by atoms with Crippen LogP contribution in [0.4, 0.5) is 0 Å². The fourth-order valence-corrected chi connectivity index (χ4v) is 0.657. The van der Waals surface area contributed by atoms with Crippen molar-refractivity contribution in [3.63, 3.8) is 0 Å². The van der Waals surface area contributed by atoms with Crippen LogP contribution in [-0.4, -0.2) is 33.9 Å². The molecule has 0 bridgehead atoms. The lowest BCUT2D eigenvalue weighted by atomic mass is 10.7. The first-order valence-electron chi connectivity index (χ1n) is 2.44. The van der Waals surface area contributed by atoms with E-state index in [1.54, 1.807) is 0 Å². The minimum atomic E-state index is -3.39. The Kier molecular flexibility index (Phi) is 3.87. The Balaban J connectivity index is 3.48. The van der Waals surface area contributed by atoms with Crippen LogP contribution in [0.1, 0.15) is 0 Å². The van der Waals surface area contributed by atoms with E-state index in [1.165, 1.54) is 6.08 Å². The summed E-state index contributed by atoms with van der Waals surface area (Å²) < 4.78 is 24.7. The van der Waals surface area contributed by atoms with E-state index >= 15 is 0 Å². The average Bonchev–Trinajstić information content (AvgIpc) is 1.78. The van der Waals surface area contributed by atoms with E-state index in [2.05, 4.69) is 9.18 Å². The predicted molar refractivity (Wildman–Crippen MR) is 33.8 cm³/mol. The lowest BCUT2D eigenvalue weighted by molar-refractivity contribution is 0.331. The van der Waals surface area contributed by atoms with Gasteiger partial charge in [0, 0.05) is 0 Å². The smallest absolute Gasteiger partial charge is 0.264 e. The van der Waals surface area contributed by atoms with Gasteiger partial charge in [-0.15, -0.1) is 0 Å². The molecule has 0 aliphatic rings. The maximum absolute atomic E-state index is 10.2. The van der Waals surface area contributed by atoms with Gasteiger partial charge in [0.05, 0.1) is 19.4 Å². The molecule has 0 aromatic heterocycles. The number of carbonyl (C=O) groups excluding carboxylic acids is 1. The van der Waals surface area contributed by atoms with Gasteiger partial charge in [-0.05, 0) is 0 Å². The van der Waals surface area contributed by atoms with Crippen LogP contribution >= 0.6 is 0 Å². The molecule has 0 aromatic rings. The van der Waals surface area contributed by atoms with Crippen LogP contribution in [0.15, 0.2) is 4.99 Å². The highest BCUT2D eigenvalue weighted by Gasteiger charge is 1.98. The van der Waals surface area contributed by atoms with Gasteiger partial charge in [-0.25, -0.2) is 9.79 Å². The van der Waals surface area contributed by atoms with Crippen LogP contribution in [-0.2, 0) is 19.1 Å². The van der Waals surface area contributed by atoms with Crippen molar-refractivity contribution in [2.45, 2.75) is 0 Å². The highest BCUT2D eigenvalue weighted by atomic mass is 32.2. The van der Waals surface area contributed by atoms with E-state index < -0.39 is 10.1 Å². The summed E-state index contributed by atoms with van der Waals surface area (Å²) >= 11 is 0. The second-order valence-electron chi connectivity index (χ2n) is 1.50. The van der Waals surface area contributed by atoms with Crippen molar-refractivity contribution in [1.29, 1.82) is 0 Å². The van der Waals surface area contributed by atoms with Crippen LogP contribution in [0, 0.1) is 0 Å². The zero-order chi connectivity index (χ0) is 8.04. The number of hydrogen-bond acceptors (Lipinski definition) is 5. The highest BCUT2D eigenvalue weighted by molar-refractivity contribution is 7.85. The van der Waals surface area contributed by atoms with Crippen molar-refractivity contribution in [3.8, 4) is 0 Å². The Morgan fingerprint density at radius 3 is 2.60 bits per heavy atom. The third-order valence-corrected chi connectivity index (χ3v) is 1.16. The lowest BCUT2D eigenvalue weighted by Crippen LogP contribution is -2.05. The molecule has 0 fully saturated rings. The van der Waals surface area contributed by atoms with Crippen molar-refractivity contribution in [2.24, 2.45) is 4.99 Å². The number of nitrogens with zero attached hydrogens (tertiary/aromatic N) is 1. The molecule has 0 spiro atoms. The van der Waals surface area contributed by atoms with E-state index in [0.29, 0.717) is 0 Å². The first-order chi connectivity index (χ1) is 4.56.